The second-order valence-corrected chi connectivity index (χ2v) is 6.77. The lowest BCUT2D eigenvalue weighted by Gasteiger charge is -2.41. The third-order valence-electron chi connectivity index (χ3n) is 4.90. The van der Waals surface area contributed by atoms with Gasteiger partial charge in [-0.2, -0.15) is 0 Å². The molecule has 2 fully saturated rings. The molecule has 1 unspecified atom stereocenters. The summed E-state index contributed by atoms with van der Waals surface area (Å²) in [5.74, 6) is -0.324. The van der Waals surface area contributed by atoms with Gasteiger partial charge in [0.1, 0.15) is 11.7 Å². The molecular formula is C16H26O4. The van der Waals surface area contributed by atoms with E-state index in [0.29, 0.717) is 12.8 Å². The summed E-state index contributed by atoms with van der Waals surface area (Å²) in [7, 11) is 0. The predicted molar refractivity (Wildman–Crippen MR) is 75.1 cm³/mol. The molecule has 1 saturated carbocycles. The molecule has 0 radical (unpaired) electrons. The first-order valence-corrected chi connectivity index (χ1v) is 7.82. The van der Waals surface area contributed by atoms with E-state index < -0.39 is 11.0 Å². The molecule has 2 aliphatic rings. The third-order valence-corrected chi connectivity index (χ3v) is 4.90. The number of carbonyl (C=O) groups is 2. The topological polar surface area (TPSA) is 52.6 Å². The summed E-state index contributed by atoms with van der Waals surface area (Å²) >= 11 is 0. The number of esters is 2. The van der Waals surface area contributed by atoms with Crippen molar-refractivity contribution < 1.29 is 19.1 Å². The van der Waals surface area contributed by atoms with Crippen LogP contribution in [-0.2, 0) is 19.1 Å². The zero-order valence-electron chi connectivity index (χ0n) is 12.9. The smallest absolute Gasteiger partial charge is 0.312 e. The largest absolute Gasteiger partial charge is 0.458 e. The molecule has 0 amide bonds. The Hall–Kier alpha value is -1.06. The van der Waals surface area contributed by atoms with Gasteiger partial charge in [0, 0.05) is 6.42 Å². The molecule has 0 bridgehead atoms. The van der Waals surface area contributed by atoms with E-state index in [0.717, 1.165) is 38.5 Å². The molecule has 0 aromatic carbocycles. The van der Waals surface area contributed by atoms with Crippen LogP contribution in [0.15, 0.2) is 0 Å². The molecule has 1 aliphatic carbocycles. The molecule has 1 aliphatic heterocycles. The summed E-state index contributed by atoms with van der Waals surface area (Å²) in [6, 6.07) is 0. The maximum atomic E-state index is 12.4. The zero-order chi connectivity index (χ0) is 14.8. The predicted octanol–water partition coefficient (Wildman–Crippen LogP) is 3.37. The summed E-state index contributed by atoms with van der Waals surface area (Å²) in [6.45, 7) is 5.81. The van der Waals surface area contributed by atoms with Crippen LogP contribution < -0.4 is 0 Å². The van der Waals surface area contributed by atoms with Gasteiger partial charge in [0.2, 0.25) is 0 Å². The second kappa shape index (κ2) is 5.74. The Bertz CT molecular complexity index is 380. The minimum atomic E-state index is -0.575. The quantitative estimate of drug-likeness (QED) is 0.742. The van der Waals surface area contributed by atoms with Crippen molar-refractivity contribution in [3.8, 4) is 0 Å². The van der Waals surface area contributed by atoms with Crippen molar-refractivity contribution in [3.63, 3.8) is 0 Å². The Morgan fingerprint density at radius 2 is 2.00 bits per heavy atom. The molecule has 0 N–H and O–H groups in total. The van der Waals surface area contributed by atoms with Crippen molar-refractivity contribution in [3.05, 3.63) is 0 Å². The van der Waals surface area contributed by atoms with E-state index >= 15 is 0 Å². The number of rotatable bonds is 4. The minimum absolute atomic E-state index is 0.161. The Kier molecular flexibility index (Phi) is 4.40. The molecule has 0 spiro atoms. The summed E-state index contributed by atoms with van der Waals surface area (Å²) in [5.41, 5.74) is -1.05. The fourth-order valence-electron chi connectivity index (χ4n) is 3.00. The first-order valence-electron chi connectivity index (χ1n) is 7.82. The number of hydrogen-bond donors (Lipinski definition) is 0. The number of cyclic esters (lactones) is 1. The summed E-state index contributed by atoms with van der Waals surface area (Å²) in [6.07, 6.45) is 6.49. The average molecular weight is 282 g/mol. The third kappa shape index (κ3) is 2.99. The van der Waals surface area contributed by atoms with E-state index in [-0.39, 0.29) is 18.0 Å². The Morgan fingerprint density at radius 1 is 1.35 bits per heavy atom. The van der Waals surface area contributed by atoms with Gasteiger partial charge in [-0.15, -0.1) is 0 Å². The van der Waals surface area contributed by atoms with Crippen molar-refractivity contribution in [2.75, 3.05) is 0 Å². The van der Waals surface area contributed by atoms with Gasteiger partial charge >= 0.3 is 11.9 Å². The van der Waals surface area contributed by atoms with Gasteiger partial charge in [-0.1, -0.05) is 13.3 Å². The van der Waals surface area contributed by atoms with E-state index in [1.165, 1.54) is 0 Å². The molecule has 4 nitrogen and oxygen atoms in total. The Balaban J connectivity index is 2.15. The summed E-state index contributed by atoms with van der Waals surface area (Å²) < 4.78 is 11.4. The van der Waals surface area contributed by atoms with Crippen molar-refractivity contribution >= 4 is 11.9 Å². The van der Waals surface area contributed by atoms with Gasteiger partial charge in [-0.25, -0.2) is 0 Å². The molecule has 0 aromatic heterocycles. The van der Waals surface area contributed by atoms with Crippen LogP contribution in [0.4, 0.5) is 0 Å². The molecule has 1 atom stereocenters. The van der Waals surface area contributed by atoms with Gasteiger partial charge in [0.05, 0.1) is 5.41 Å². The minimum Gasteiger partial charge on any atom is -0.458 e. The molecule has 0 aromatic rings. The van der Waals surface area contributed by atoms with E-state index in [2.05, 4.69) is 0 Å². The second-order valence-electron chi connectivity index (χ2n) is 6.77. The molecule has 114 valence electrons. The summed E-state index contributed by atoms with van der Waals surface area (Å²) in [5, 5.41) is 0. The van der Waals surface area contributed by atoms with E-state index in [1.807, 2.05) is 20.8 Å². The van der Waals surface area contributed by atoms with Crippen LogP contribution in [0.3, 0.4) is 0 Å². The lowest BCUT2D eigenvalue weighted by molar-refractivity contribution is -0.193. The molecule has 20 heavy (non-hydrogen) atoms. The standard InChI is InChI=1S/C16H26O4/c1-4-15(2,3)14(18)20-16(10-6-5-7-11-16)12-8-9-13(17)19-12/h12H,4-11H2,1-3H3. The van der Waals surface area contributed by atoms with Gasteiger partial charge in [-0.05, 0) is 52.4 Å². The molecule has 1 saturated heterocycles. The van der Waals surface area contributed by atoms with E-state index in [1.54, 1.807) is 0 Å². The van der Waals surface area contributed by atoms with Crippen LogP contribution in [0.5, 0.6) is 0 Å². The van der Waals surface area contributed by atoms with Crippen molar-refractivity contribution in [2.24, 2.45) is 5.41 Å². The molecule has 2 rings (SSSR count). The monoisotopic (exact) mass is 282 g/mol. The van der Waals surface area contributed by atoms with Crippen LogP contribution in [0.1, 0.15) is 72.1 Å². The van der Waals surface area contributed by atoms with Crippen LogP contribution in [0.25, 0.3) is 0 Å². The van der Waals surface area contributed by atoms with Crippen molar-refractivity contribution in [1.29, 1.82) is 0 Å². The normalized spacial score (nSPS) is 26.1. The lowest BCUT2D eigenvalue weighted by Crippen LogP contribution is -2.49. The zero-order valence-corrected chi connectivity index (χ0v) is 12.9. The fourth-order valence-corrected chi connectivity index (χ4v) is 3.00. The highest BCUT2D eigenvalue weighted by Crippen LogP contribution is 2.41. The maximum absolute atomic E-state index is 12.4. The van der Waals surface area contributed by atoms with Crippen LogP contribution in [0.2, 0.25) is 0 Å². The molecular weight excluding hydrogens is 256 g/mol. The highest BCUT2D eigenvalue weighted by Gasteiger charge is 2.49. The first-order chi connectivity index (χ1) is 9.39. The number of carbonyl (C=O) groups excluding carboxylic acids is 2. The Labute approximate surface area is 121 Å². The van der Waals surface area contributed by atoms with Crippen molar-refractivity contribution in [1.82, 2.24) is 0 Å². The van der Waals surface area contributed by atoms with Crippen LogP contribution in [-0.4, -0.2) is 23.6 Å². The maximum Gasteiger partial charge on any atom is 0.312 e. The van der Waals surface area contributed by atoms with Gasteiger partial charge in [-0.3, -0.25) is 9.59 Å². The highest BCUT2D eigenvalue weighted by atomic mass is 16.6. The average Bonchev–Trinajstić information content (AvgIpc) is 2.87. The van der Waals surface area contributed by atoms with Crippen molar-refractivity contribution in [2.45, 2.75) is 83.8 Å². The fraction of sp³-hybridized carbons (Fsp3) is 0.875. The van der Waals surface area contributed by atoms with Crippen LogP contribution in [0, 0.1) is 5.41 Å². The number of ether oxygens (including phenoxy) is 2. The van der Waals surface area contributed by atoms with Gasteiger partial charge in [0.15, 0.2) is 0 Å². The van der Waals surface area contributed by atoms with E-state index in [9.17, 15) is 9.59 Å². The number of hydrogen-bond acceptors (Lipinski definition) is 4. The first kappa shape index (κ1) is 15.3. The summed E-state index contributed by atoms with van der Waals surface area (Å²) in [4.78, 5) is 23.9. The van der Waals surface area contributed by atoms with Crippen LogP contribution >= 0.6 is 0 Å². The SMILES string of the molecule is CCC(C)(C)C(=O)OC1(C2CCC(=O)O2)CCCCC1. The van der Waals surface area contributed by atoms with Gasteiger partial charge in [0.25, 0.3) is 0 Å². The lowest BCUT2D eigenvalue weighted by atomic mass is 9.79. The Morgan fingerprint density at radius 3 is 2.50 bits per heavy atom. The van der Waals surface area contributed by atoms with Gasteiger partial charge < -0.3 is 9.47 Å². The van der Waals surface area contributed by atoms with E-state index in [4.69, 9.17) is 9.47 Å². The molecule has 1 heterocycles. The molecule has 4 heteroatoms. The highest BCUT2D eigenvalue weighted by molar-refractivity contribution is 5.76.